The van der Waals surface area contributed by atoms with Gasteiger partial charge in [0, 0.05) is 12.1 Å². The van der Waals surface area contributed by atoms with Crippen molar-refractivity contribution in [1.29, 1.82) is 0 Å². The monoisotopic (exact) mass is 366 g/mol. The molecule has 0 aliphatic carbocycles. The molecule has 1 aliphatic heterocycles. The van der Waals surface area contributed by atoms with Crippen LogP contribution in [0.3, 0.4) is 0 Å². The summed E-state index contributed by atoms with van der Waals surface area (Å²) in [5.41, 5.74) is 0.897. The second-order valence-electron chi connectivity index (χ2n) is 5.63. The number of benzene rings is 1. The van der Waals surface area contributed by atoms with E-state index >= 15 is 0 Å². The van der Waals surface area contributed by atoms with E-state index in [1.165, 1.54) is 12.1 Å². The molecule has 0 aromatic heterocycles. The second kappa shape index (κ2) is 7.77. The lowest BCUT2D eigenvalue weighted by molar-refractivity contribution is -0.131. The van der Waals surface area contributed by atoms with Crippen molar-refractivity contribution < 1.29 is 23.1 Å². The van der Waals surface area contributed by atoms with Crippen LogP contribution in [-0.2, 0) is 19.6 Å². The first-order valence-electron chi connectivity index (χ1n) is 7.59. The van der Waals surface area contributed by atoms with Crippen molar-refractivity contribution in [2.45, 2.75) is 30.9 Å². The lowest BCUT2D eigenvalue weighted by Crippen LogP contribution is -2.49. The van der Waals surface area contributed by atoms with Crippen molar-refractivity contribution >= 4 is 21.8 Å². The fourth-order valence-corrected chi connectivity index (χ4v) is 3.47. The maximum atomic E-state index is 12.5. The van der Waals surface area contributed by atoms with E-state index in [0.717, 1.165) is 5.01 Å². The molecular formula is C16H20N3O5S. The summed E-state index contributed by atoms with van der Waals surface area (Å²) >= 11 is 0. The van der Waals surface area contributed by atoms with Gasteiger partial charge in [0.05, 0.1) is 11.3 Å². The molecule has 0 fully saturated rings. The Morgan fingerprint density at radius 3 is 2.60 bits per heavy atom. The van der Waals surface area contributed by atoms with Crippen LogP contribution in [0, 0.1) is 6.92 Å². The summed E-state index contributed by atoms with van der Waals surface area (Å²) in [5, 5.41) is 12.2. The maximum absolute atomic E-state index is 12.5. The van der Waals surface area contributed by atoms with Crippen LogP contribution in [0.1, 0.15) is 19.8 Å². The molecule has 0 spiro atoms. The minimum atomic E-state index is -3.90. The Morgan fingerprint density at radius 2 is 2.00 bits per heavy atom. The van der Waals surface area contributed by atoms with Gasteiger partial charge in [0.25, 0.3) is 15.9 Å². The summed E-state index contributed by atoms with van der Waals surface area (Å²) in [6.45, 7) is 5.11. The van der Waals surface area contributed by atoms with E-state index in [4.69, 9.17) is 5.11 Å². The van der Waals surface area contributed by atoms with Gasteiger partial charge in [0.2, 0.25) is 5.91 Å². The molecule has 3 N–H and O–H groups in total. The third kappa shape index (κ3) is 4.88. The van der Waals surface area contributed by atoms with Crippen molar-refractivity contribution in [3.63, 3.8) is 0 Å². The van der Waals surface area contributed by atoms with Gasteiger partial charge in [-0.25, -0.2) is 8.42 Å². The number of hydrogen-bond acceptors (Lipinski definition) is 5. The number of nitrogens with zero attached hydrogens (tertiary/aromatic N) is 1. The topological polar surface area (TPSA) is 116 Å². The minimum Gasteiger partial charge on any atom is -0.374 e. The number of hydrazine groups is 1. The molecule has 1 atom stereocenters. The van der Waals surface area contributed by atoms with Gasteiger partial charge >= 0.3 is 0 Å². The van der Waals surface area contributed by atoms with Crippen LogP contribution < -0.4 is 10.1 Å². The minimum absolute atomic E-state index is 0.0357. The van der Waals surface area contributed by atoms with E-state index in [0.29, 0.717) is 12.0 Å². The molecule has 2 amide bonds. The SMILES string of the molecule is [CH2]C(O)NC(=O)CC1=C(C)CCN(NS(=O)(=O)c2ccccc2)C1=O. The Hall–Kier alpha value is -2.23. The normalized spacial score (nSPS) is 16.8. The second-order valence-corrected chi connectivity index (χ2v) is 7.29. The highest BCUT2D eigenvalue weighted by molar-refractivity contribution is 7.89. The van der Waals surface area contributed by atoms with Gasteiger partial charge in [-0.2, -0.15) is 0 Å². The van der Waals surface area contributed by atoms with Crippen LogP contribution in [0.5, 0.6) is 0 Å². The van der Waals surface area contributed by atoms with Crippen LogP contribution in [0.2, 0.25) is 0 Å². The fourth-order valence-electron chi connectivity index (χ4n) is 2.39. The summed E-state index contributed by atoms with van der Waals surface area (Å²) in [6, 6.07) is 7.68. The highest BCUT2D eigenvalue weighted by Gasteiger charge is 2.30. The van der Waals surface area contributed by atoms with E-state index in [1.807, 2.05) is 0 Å². The first-order valence-corrected chi connectivity index (χ1v) is 9.07. The van der Waals surface area contributed by atoms with E-state index in [2.05, 4.69) is 17.1 Å². The zero-order valence-corrected chi connectivity index (χ0v) is 14.5. The van der Waals surface area contributed by atoms with Crippen LogP contribution in [-0.4, -0.2) is 43.1 Å². The fraction of sp³-hybridized carbons (Fsp3) is 0.312. The first kappa shape index (κ1) is 19.1. The molecule has 8 nitrogen and oxygen atoms in total. The zero-order valence-electron chi connectivity index (χ0n) is 13.7. The van der Waals surface area contributed by atoms with E-state index in [1.54, 1.807) is 25.1 Å². The van der Waals surface area contributed by atoms with E-state index < -0.39 is 28.1 Å². The number of hydrogen-bond donors (Lipinski definition) is 3. The van der Waals surface area contributed by atoms with Gasteiger partial charge in [0.15, 0.2) is 0 Å². The molecule has 1 aromatic carbocycles. The predicted molar refractivity (Wildman–Crippen MR) is 89.9 cm³/mol. The predicted octanol–water partition coefficient (Wildman–Crippen LogP) is 0.0875. The first-order chi connectivity index (χ1) is 11.7. The van der Waals surface area contributed by atoms with Crippen molar-refractivity contribution in [1.82, 2.24) is 15.2 Å². The number of carbonyl (C=O) groups is 2. The summed E-state index contributed by atoms with van der Waals surface area (Å²) in [7, 11) is -3.90. The van der Waals surface area contributed by atoms with Gasteiger partial charge < -0.3 is 10.4 Å². The highest BCUT2D eigenvalue weighted by atomic mass is 32.2. The van der Waals surface area contributed by atoms with Crippen LogP contribution in [0.4, 0.5) is 0 Å². The van der Waals surface area contributed by atoms with E-state index in [-0.39, 0.29) is 23.4 Å². The summed E-state index contributed by atoms with van der Waals surface area (Å²) < 4.78 is 24.7. The van der Waals surface area contributed by atoms with Crippen LogP contribution in [0.15, 0.2) is 46.4 Å². The summed E-state index contributed by atoms with van der Waals surface area (Å²) in [4.78, 5) is 26.6. The van der Waals surface area contributed by atoms with Crippen molar-refractivity contribution in [3.8, 4) is 0 Å². The number of rotatable bonds is 6. The number of carbonyl (C=O) groups excluding carboxylic acids is 2. The quantitative estimate of drug-likeness (QED) is 0.617. The van der Waals surface area contributed by atoms with Crippen LogP contribution in [0.25, 0.3) is 0 Å². The molecule has 1 aromatic rings. The molecule has 1 aliphatic rings. The van der Waals surface area contributed by atoms with Crippen molar-refractivity contribution in [2.24, 2.45) is 0 Å². The molecule has 0 saturated carbocycles. The van der Waals surface area contributed by atoms with Crippen molar-refractivity contribution in [2.75, 3.05) is 6.54 Å². The van der Waals surface area contributed by atoms with Gasteiger partial charge in [0.1, 0.15) is 6.23 Å². The Labute approximate surface area is 146 Å². The Bertz CT molecular complexity index is 787. The smallest absolute Gasteiger partial charge is 0.265 e. The third-order valence-electron chi connectivity index (χ3n) is 3.68. The number of nitrogens with one attached hydrogen (secondary N) is 2. The van der Waals surface area contributed by atoms with Gasteiger partial charge in [-0.15, -0.1) is 4.83 Å². The van der Waals surface area contributed by atoms with Gasteiger partial charge in [-0.3, -0.25) is 14.6 Å². The highest BCUT2D eigenvalue weighted by Crippen LogP contribution is 2.21. The number of amides is 2. The van der Waals surface area contributed by atoms with Crippen LogP contribution >= 0.6 is 0 Å². The van der Waals surface area contributed by atoms with Crippen molar-refractivity contribution in [3.05, 3.63) is 48.4 Å². The van der Waals surface area contributed by atoms with Gasteiger partial charge in [-0.1, -0.05) is 23.8 Å². The molecule has 25 heavy (non-hydrogen) atoms. The molecule has 1 unspecified atom stereocenters. The van der Waals surface area contributed by atoms with Gasteiger partial charge in [-0.05, 0) is 32.4 Å². The standard InChI is InChI=1S/C16H20N3O5S/c1-11-8-9-19(16(22)14(11)10-15(21)17-12(2)20)18-25(23,24)13-6-4-3-5-7-13/h3-7,12,18,20H,2,8-10H2,1H3,(H,17,21). The lowest BCUT2D eigenvalue weighted by atomic mass is 9.99. The molecule has 1 heterocycles. The Kier molecular flexibility index (Phi) is 5.93. The Morgan fingerprint density at radius 1 is 1.36 bits per heavy atom. The number of aliphatic hydroxyl groups is 1. The zero-order chi connectivity index (χ0) is 18.6. The molecule has 135 valence electrons. The largest absolute Gasteiger partial charge is 0.374 e. The molecule has 1 radical (unpaired) electrons. The summed E-state index contributed by atoms with van der Waals surface area (Å²) in [5.74, 6) is -1.16. The lowest BCUT2D eigenvalue weighted by Gasteiger charge is -2.29. The average Bonchev–Trinajstić information content (AvgIpc) is 2.54. The molecule has 0 saturated heterocycles. The molecular weight excluding hydrogens is 346 g/mol. The molecule has 9 heteroatoms. The number of aliphatic hydroxyl groups excluding tert-OH is 1. The van der Waals surface area contributed by atoms with E-state index in [9.17, 15) is 18.0 Å². The molecule has 2 rings (SSSR count). The third-order valence-corrected chi connectivity index (χ3v) is 5.03. The summed E-state index contributed by atoms with van der Waals surface area (Å²) in [6.07, 6.45) is -1.11. The maximum Gasteiger partial charge on any atom is 0.265 e. The molecule has 0 bridgehead atoms. The average molecular weight is 366 g/mol. The Balaban J connectivity index is 2.15. The number of sulfonamides is 1.